The molecule has 0 aromatic carbocycles. The summed E-state index contributed by atoms with van der Waals surface area (Å²) >= 11 is 0. The molecule has 1 aliphatic heterocycles. The molecular weight excluding hydrogens is 323 g/mol. The summed E-state index contributed by atoms with van der Waals surface area (Å²) in [4.78, 5) is 28.9. The van der Waals surface area contributed by atoms with Crippen LogP contribution in [0.1, 0.15) is 42.7 Å². The predicted octanol–water partition coefficient (Wildman–Crippen LogP) is 2.48. The highest BCUT2D eigenvalue weighted by Crippen LogP contribution is 2.31. The highest BCUT2D eigenvalue weighted by Gasteiger charge is 2.38. The Morgan fingerprint density at radius 3 is 2.71 bits per heavy atom. The average molecular weight is 343 g/mol. The number of carbonyl (C=O) groups is 2. The van der Waals surface area contributed by atoms with E-state index < -0.39 is 23.3 Å². The molecule has 5 nitrogen and oxygen atoms in total. The van der Waals surface area contributed by atoms with Crippen LogP contribution in [-0.2, 0) is 11.0 Å². The highest BCUT2D eigenvalue weighted by atomic mass is 19.4. The van der Waals surface area contributed by atoms with Crippen LogP contribution in [0.5, 0.6) is 0 Å². The number of nitrogens with one attached hydrogen (secondary N) is 1. The number of piperidine rings is 1. The zero-order chi connectivity index (χ0) is 17.9. The Labute approximate surface area is 138 Å². The van der Waals surface area contributed by atoms with Crippen LogP contribution in [0.4, 0.5) is 13.2 Å². The molecule has 1 aromatic rings. The minimum atomic E-state index is -4.69. The second kappa shape index (κ2) is 7.19. The molecule has 1 aromatic heterocycles. The molecule has 2 heterocycles. The monoisotopic (exact) mass is 343 g/mol. The first-order chi connectivity index (χ1) is 11.2. The zero-order valence-electron chi connectivity index (χ0n) is 13.6. The summed E-state index contributed by atoms with van der Waals surface area (Å²) < 4.78 is 39.1. The lowest BCUT2D eigenvalue weighted by atomic mass is 10.0. The van der Waals surface area contributed by atoms with E-state index in [0.717, 1.165) is 12.3 Å². The van der Waals surface area contributed by atoms with Crippen molar-refractivity contribution in [3.8, 4) is 0 Å². The van der Waals surface area contributed by atoms with E-state index in [1.807, 2.05) is 0 Å². The summed E-state index contributed by atoms with van der Waals surface area (Å²) in [5.41, 5.74) is -1.64. The van der Waals surface area contributed by atoms with Crippen molar-refractivity contribution in [3.63, 3.8) is 0 Å². The number of hydrogen-bond donors (Lipinski definition) is 1. The Morgan fingerprint density at radius 2 is 2.08 bits per heavy atom. The molecule has 0 spiro atoms. The smallest absolute Gasteiger partial charge is 0.351 e. The third-order valence-corrected chi connectivity index (χ3v) is 3.89. The Morgan fingerprint density at radius 1 is 1.38 bits per heavy atom. The number of pyridine rings is 1. The summed E-state index contributed by atoms with van der Waals surface area (Å²) in [6.45, 7) is 4.07. The molecule has 0 saturated carbocycles. The summed E-state index contributed by atoms with van der Waals surface area (Å²) in [6.07, 6.45) is -2.35. The van der Waals surface area contributed by atoms with Crippen LogP contribution in [0.25, 0.3) is 0 Å². The van der Waals surface area contributed by atoms with Crippen LogP contribution in [0.2, 0.25) is 0 Å². The lowest BCUT2D eigenvalue weighted by Gasteiger charge is -2.34. The lowest BCUT2D eigenvalue weighted by molar-refractivity contribution is -0.141. The van der Waals surface area contributed by atoms with Crippen LogP contribution >= 0.6 is 0 Å². The van der Waals surface area contributed by atoms with Crippen molar-refractivity contribution in [2.24, 2.45) is 5.92 Å². The first-order valence-electron chi connectivity index (χ1n) is 7.82. The maximum absolute atomic E-state index is 13.0. The Kier molecular flexibility index (Phi) is 5.46. The van der Waals surface area contributed by atoms with Gasteiger partial charge in [0.25, 0.3) is 5.91 Å². The van der Waals surface area contributed by atoms with E-state index in [1.54, 1.807) is 13.8 Å². The van der Waals surface area contributed by atoms with Gasteiger partial charge >= 0.3 is 6.18 Å². The van der Waals surface area contributed by atoms with E-state index in [-0.39, 0.29) is 24.4 Å². The van der Waals surface area contributed by atoms with Crippen molar-refractivity contribution in [2.45, 2.75) is 38.9 Å². The van der Waals surface area contributed by atoms with Gasteiger partial charge in [-0.1, -0.05) is 13.8 Å². The Hall–Kier alpha value is -2.12. The maximum Gasteiger partial charge on any atom is 0.434 e. The lowest BCUT2D eigenvalue weighted by Crippen LogP contribution is -2.50. The molecule has 1 aliphatic rings. The number of hydrogen-bond acceptors (Lipinski definition) is 3. The molecule has 1 atom stereocenters. The van der Waals surface area contributed by atoms with Crippen molar-refractivity contribution in [3.05, 3.63) is 29.6 Å². The molecule has 1 N–H and O–H groups in total. The van der Waals surface area contributed by atoms with Crippen LogP contribution in [0.15, 0.2) is 18.3 Å². The van der Waals surface area contributed by atoms with Gasteiger partial charge in [-0.15, -0.1) is 0 Å². The van der Waals surface area contributed by atoms with E-state index in [4.69, 9.17) is 0 Å². The third kappa shape index (κ3) is 4.24. The summed E-state index contributed by atoms with van der Waals surface area (Å²) in [5.74, 6) is -1.03. The van der Waals surface area contributed by atoms with Crippen LogP contribution in [-0.4, -0.2) is 40.8 Å². The van der Waals surface area contributed by atoms with Gasteiger partial charge in [0.2, 0.25) is 5.91 Å². The molecule has 2 amide bonds. The van der Waals surface area contributed by atoms with E-state index >= 15 is 0 Å². The molecule has 8 heteroatoms. The Bertz CT molecular complexity index is 617. The number of nitrogens with zero attached hydrogens (tertiary/aromatic N) is 2. The van der Waals surface area contributed by atoms with Crippen molar-refractivity contribution in [1.82, 2.24) is 15.2 Å². The van der Waals surface area contributed by atoms with Crippen LogP contribution in [0, 0.1) is 5.92 Å². The molecule has 1 saturated heterocycles. The van der Waals surface area contributed by atoms with Gasteiger partial charge in [0.15, 0.2) is 5.69 Å². The summed E-state index contributed by atoms with van der Waals surface area (Å²) in [7, 11) is 0. The van der Waals surface area contributed by atoms with E-state index in [0.29, 0.717) is 19.4 Å². The second-order valence-corrected chi connectivity index (χ2v) is 6.15. The van der Waals surface area contributed by atoms with Gasteiger partial charge < -0.3 is 10.2 Å². The van der Waals surface area contributed by atoms with Crippen LogP contribution in [0.3, 0.4) is 0 Å². The predicted molar refractivity (Wildman–Crippen MR) is 81.1 cm³/mol. The fourth-order valence-electron chi connectivity index (χ4n) is 2.62. The van der Waals surface area contributed by atoms with Crippen molar-refractivity contribution >= 4 is 11.8 Å². The number of likely N-dealkylation sites (tertiary alicyclic amines) is 1. The number of rotatable bonds is 3. The maximum atomic E-state index is 13.0. The van der Waals surface area contributed by atoms with E-state index in [9.17, 15) is 22.8 Å². The molecule has 0 bridgehead atoms. The molecule has 24 heavy (non-hydrogen) atoms. The minimum absolute atomic E-state index is 0.133. The first-order valence-corrected chi connectivity index (χ1v) is 7.82. The first kappa shape index (κ1) is 18.2. The normalized spacial score (nSPS) is 18.6. The summed E-state index contributed by atoms with van der Waals surface area (Å²) in [6, 6.07) is 2.20. The quantitative estimate of drug-likeness (QED) is 0.917. The van der Waals surface area contributed by atoms with E-state index in [1.165, 1.54) is 11.0 Å². The van der Waals surface area contributed by atoms with E-state index in [2.05, 4.69) is 10.3 Å². The van der Waals surface area contributed by atoms with Crippen molar-refractivity contribution in [2.75, 3.05) is 13.1 Å². The average Bonchev–Trinajstić information content (AvgIpc) is 2.53. The molecule has 0 aliphatic carbocycles. The molecule has 2 rings (SSSR count). The fraction of sp³-hybridized carbons (Fsp3) is 0.562. The molecule has 0 radical (unpaired) electrons. The fourth-order valence-corrected chi connectivity index (χ4v) is 2.62. The van der Waals surface area contributed by atoms with Crippen LogP contribution < -0.4 is 5.32 Å². The molecule has 1 unspecified atom stereocenters. The van der Waals surface area contributed by atoms with Gasteiger partial charge in [0, 0.05) is 31.2 Å². The zero-order valence-corrected chi connectivity index (χ0v) is 13.6. The number of amides is 2. The number of aromatic nitrogens is 1. The Balaban J connectivity index is 2.14. The molecule has 1 fully saturated rings. The third-order valence-electron chi connectivity index (χ3n) is 3.89. The molecular formula is C16H20F3N3O2. The number of carbonyl (C=O) groups excluding carboxylic acids is 2. The van der Waals surface area contributed by atoms with Gasteiger partial charge in [-0.3, -0.25) is 14.6 Å². The number of alkyl halides is 3. The standard InChI is InChI=1S/C16H20F3N3O2/c1-10(2)14(23)21-11-5-4-8-22(9-11)15(24)12-6-3-7-20-13(12)16(17,18)19/h3,6-7,10-11H,4-5,8-9H2,1-2H3,(H,21,23). The highest BCUT2D eigenvalue weighted by molar-refractivity contribution is 5.95. The van der Waals surface area contributed by atoms with Crippen molar-refractivity contribution < 1.29 is 22.8 Å². The van der Waals surface area contributed by atoms with Gasteiger partial charge in [-0.05, 0) is 25.0 Å². The SMILES string of the molecule is CC(C)C(=O)NC1CCCN(C(=O)c2cccnc2C(F)(F)F)C1. The van der Waals surface area contributed by atoms with Gasteiger partial charge in [0.05, 0.1) is 5.56 Å². The summed E-state index contributed by atoms with van der Waals surface area (Å²) in [5, 5.41) is 2.83. The van der Waals surface area contributed by atoms with Crippen molar-refractivity contribution in [1.29, 1.82) is 0 Å². The topological polar surface area (TPSA) is 62.3 Å². The molecule has 132 valence electrons. The van der Waals surface area contributed by atoms with Gasteiger partial charge in [-0.25, -0.2) is 0 Å². The largest absolute Gasteiger partial charge is 0.434 e. The van der Waals surface area contributed by atoms with Gasteiger partial charge in [0.1, 0.15) is 0 Å². The van der Waals surface area contributed by atoms with Gasteiger partial charge in [-0.2, -0.15) is 13.2 Å². The second-order valence-electron chi connectivity index (χ2n) is 6.15. The minimum Gasteiger partial charge on any atom is -0.351 e. The number of halogens is 3.